The summed E-state index contributed by atoms with van der Waals surface area (Å²) in [5, 5.41) is 10.1. The number of phenolic OH excluding ortho intramolecular Hbond substituents is 1. The molecule has 5 heteroatoms. The highest BCUT2D eigenvalue weighted by Crippen LogP contribution is 2.22. The molecule has 0 fully saturated rings. The largest absolute Gasteiger partial charge is 0.507 e. The second kappa shape index (κ2) is 6.61. The van der Waals surface area contributed by atoms with Crippen molar-refractivity contribution in [2.24, 2.45) is 0 Å². The molecule has 0 saturated carbocycles. The lowest BCUT2D eigenvalue weighted by atomic mass is 10.1. The lowest BCUT2D eigenvalue weighted by Crippen LogP contribution is -2.29. The van der Waals surface area contributed by atoms with E-state index in [0.29, 0.717) is 11.6 Å². The van der Waals surface area contributed by atoms with Crippen LogP contribution in [0.2, 0.25) is 5.02 Å². The average Bonchev–Trinajstić information content (AvgIpc) is 2.30. The maximum atomic E-state index is 12.1. The summed E-state index contributed by atoms with van der Waals surface area (Å²) >= 11 is 5.82. The molecule has 1 aromatic rings. The average molecular weight is 271 g/mol. The van der Waals surface area contributed by atoms with Gasteiger partial charge in [0.1, 0.15) is 5.75 Å². The predicted molar refractivity (Wildman–Crippen MR) is 73.2 cm³/mol. The van der Waals surface area contributed by atoms with Crippen LogP contribution in [0.3, 0.4) is 0 Å². The molecule has 0 spiro atoms. The van der Waals surface area contributed by atoms with Crippen LogP contribution in [0.1, 0.15) is 16.8 Å². The van der Waals surface area contributed by atoms with Crippen LogP contribution in [0.5, 0.6) is 5.75 Å². The minimum absolute atomic E-state index is 0.0381. The first-order valence-corrected chi connectivity index (χ1v) is 6.18. The Balaban J connectivity index is 2.65. The van der Waals surface area contributed by atoms with Crippen LogP contribution in [0.25, 0.3) is 0 Å². The summed E-state index contributed by atoms with van der Waals surface area (Å²) in [5.74, 6) is -0.252. The van der Waals surface area contributed by atoms with Gasteiger partial charge in [0.15, 0.2) is 0 Å². The Morgan fingerprint density at radius 2 is 1.94 bits per heavy atom. The number of halogens is 1. The maximum Gasteiger partial charge on any atom is 0.257 e. The van der Waals surface area contributed by atoms with E-state index in [1.165, 1.54) is 12.1 Å². The third kappa shape index (κ3) is 4.20. The van der Waals surface area contributed by atoms with E-state index in [1.807, 2.05) is 14.1 Å². The van der Waals surface area contributed by atoms with E-state index in [2.05, 4.69) is 4.90 Å². The monoisotopic (exact) mass is 270 g/mol. The molecule has 18 heavy (non-hydrogen) atoms. The maximum absolute atomic E-state index is 12.1. The number of phenols is 1. The van der Waals surface area contributed by atoms with E-state index in [9.17, 15) is 9.90 Å². The first-order chi connectivity index (χ1) is 8.41. The quantitative estimate of drug-likeness (QED) is 0.891. The van der Waals surface area contributed by atoms with Crippen molar-refractivity contribution in [3.8, 4) is 5.75 Å². The van der Waals surface area contributed by atoms with Gasteiger partial charge in [-0.1, -0.05) is 11.6 Å². The summed E-state index contributed by atoms with van der Waals surface area (Å²) in [6, 6.07) is 4.48. The predicted octanol–water partition coefficient (Wildman–Crippen LogP) is 2.07. The summed E-state index contributed by atoms with van der Waals surface area (Å²) in [6.07, 6.45) is 0.885. The molecule has 100 valence electrons. The van der Waals surface area contributed by atoms with E-state index >= 15 is 0 Å². The van der Waals surface area contributed by atoms with E-state index in [4.69, 9.17) is 11.6 Å². The molecule has 0 aliphatic rings. The Morgan fingerprint density at radius 1 is 1.28 bits per heavy atom. The highest BCUT2D eigenvalue weighted by molar-refractivity contribution is 6.31. The number of rotatable bonds is 5. The number of carbonyl (C=O) groups is 1. The molecule has 0 aliphatic heterocycles. The zero-order valence-electron chi connectivity index (χ0n) is 11.0. The molecule has 0 unspecified atom stereocenters. The summed E-state index contributed by atoms with van der Waals surface area (Å²) in [7, 11) is 5.70. The Labute approximate surface area is 113 Å². The Hall–Kier alpha value is -1.26. The molecule has 0 saturated heterocycles. The van der Waals surface area contributed by atoms with Crippen molar-refractivity contribution in [1.29, 1.82) is 0 Å². The fourth-order valence-electron chi connectivity index (χ4n) is 1.61. The number of hydrogen-bond donors (Lipinski definition) is 1. The normalized spacial score (nSPS) is 10.7. The molecule has 1 N–H and O–H groups in total. The SMILES string of the molecule is CN(C)CCCN(C)C(=O)c1cc(Cl)ccc1O. The first-order valence-electron chi connectivity index (χ1n) is 5.80. The van der Waals surface area contributed by atoms with Crippen LogP contribution < -0.4 is 0 Å². The van der Waals surface area contributed by atoms with Gasteiger partial charge in [0.25, 0.3) is 5.91 Å². The van der Waals surface area contributed by atoms with Gasteiger partial charge in [-0.2, -0.15) is 0 Å². The van der Waals surface area contributed by atoms with Crippen molar-refractivity contribution in [3.05, 3.63) is 28.8 Å². The van der Waals surface area contributed by atoms with Crippen LogP contribution in [0, 0.1) is 0 Å². The molecule has 0 atom stereocenters. The van der Waals surface area contributed by atoms with Gasteiger partial charge in [0.2, 0.25) is 0 Å². The smallest absolute Gasteiger partial charge is 0.257 e. The minimum atomic E-state index is -0.214. The standard InChI is InChI=1S/C13H19ClN2O2/c1-15(2)7-4-8-16(3)13(18)11-9-10(14)5-6-12(11)17/h5-6,9,17H,4,7-8H2,1-3H3. The third-order valence-electron chi connectivity index (χ3n) is 2.63. The Kier molecular flexibility index (Phi) is 5.44. The molecule has 0 radical (unpaired) electrons. The lowest BCUT2D eigenvalue weighted by Gasteiger charge is -2.19. The Bertz CT molecular complexity index is 421. The Morgan fingerprint density at radius 3 is 2.56 bits per heavy atom. The molecule has 1 rings (SSSR count). The van der Waals surface area contributed by atoms with Gasteiger partial charge in [0, 0.05) is 18.6 Å². The van der Waals surface area contributed by atoms with Gasteiger partial charge in [-0.15, -0.1) is 0 Å². The number of nitrogens with zero attached hydrogens (tertiary/aromatic N) is 2. The van der Waals surface area contributed by atoms with Gasteiger partial charge in [-0.25, -0.2) is 0 Å². The van der Waals surface area contributed by atoms with Crippen molar-refractivity contribution in [2.75, 3.05) is 34.2 Å². The fraction of sp³-hybridized carbons (Fsp3) is 0.462. The van der Waals surface area contributed by atoms with Crippen molar-refractivity contribution in [3.63, 3.8) is 0 Å². The number of carbonyl (C=O) groups excluding carboxylic acids is 1. The molecule has 1 aromatic carbocycles. The summed E-state index contributed by atoms with van der Waals surface area (Å²) < 4.78 is 0. The fourth-order valence-corrected chi connectivity index (χ4v) is 1.78. The van der Waals surface area contributed by atoms with Crippen LogP contribution in [0.4, 0.5) is 0 Å². The van der Waals surface area contributed by atoms with E-state index in [-0.39, 0.29) is 17.2 Å². The number of aromatic hydroxyl groups is 1. The van der Waals surface area contributed by atoms with E-state index in [0.717, 1.165) is 13.0 Å². The van der Waals surface area contributed by atoms with Crippen LogP contribution in [-0.2, 0) is 0 Å². The van der Waals surface area contributed by atoms with Crippen LogP contribution in [-0.4, -0.2) is 55.0 Å². The first kappa shape index (κ1) is 14.8. The summed E-state index contributed by atoms with van der Waals surface area (Å²) in [6.45, 7) is 1.56. The molecule has 4 nitrogen and oxygen atoms in total. The zero-order chi connectivity index (χ0) is 13.7. The van der Waals surface area contributed by atoms with Gasteiger partial charge in [0.05, 0.1) is 5.56 Å². The van der Waals surface area contributed by atoms with E-state index in [1.54, 1.807) is 18.0 Å². The second-order valence-electron chi connectivity index (χ2n) is 4.55. The zero-order valence-corrected chi connectivity index (χ0v) is 11.7. The van der Waals surface area contributed by atoms with E-state index < -0.39 is 0 Å². The second-order valence-corrected chi connectivity index (χ2v) is 4.98. The van der Waals surface area contributed by atoms with Crippen molar-refractivity contribution in [2.45, 2.75) is 6.42 Å². The number of benzene rings is 1. The van der Waals surface area contributed by atoms with Gasteiger partial charge in [-0.3, -0.25) is 4.79 Å². The molecule has 0 bridgehead atoms. The lowest BCUT2D eigenvalue weighted by molar-refractivity contribution is 0.0787. The molecule has 0 aliphatic carbocycles. The van der Waals surface area contributed by atoms with Crippen molar-refractivity contribution < 1.29 is 9.90 Å². The number of amides is 1. The van der Waals surface area contributed by atoms with Crippen LogP contribution in [0.15, 0.2) is 18.2 Å². The van der Waals surface area contributed by atoms with Gasteiger partial charge in [-0.05, 0) is 45.3 Å². The minimum Gasteiger partial charge on any atom is -0.507 e. The van der Waals surface area contributed by atoms with Gasteiger partial charge >= 0.3 is 0 Å². The molecular formula is C13H19ClN2O2. The highest BCUT2D eigenvalue weighted by Gasteiger charge is 2.15. The highest BCUT2D eigenvalue weighted by atomic mass is 35.5. The van der Waals surface area contributed by atoms with Crippen LogP contribution >= 0.6 is 11.6 Å². The number of hydrogen-bond acceptors (Lipinski definition) is 3. The molecule has 1 amide bonds. The summed E-state index contributed by atoms with van der Waals surface area (Å²) in [5.41, 5.74) is 0.245. The van der Waals surface area contributed by atoms with Gasteiger partial charge < -0.3 is 14.9 Å². The van der Waals surface area contributed by atoms with Crippen molar-refractivity contribution >= 4 is 17.5 Å². The molecule has 0 aromatic heterocycles. The topological polar surface area (TPSA) is 43.8 Å². The summed E-state index contributed by atoms with van der Waals surface area (Å²) in [4.78, 5) is 15.7. The molecular weight excluding hydrogens is 252 g/mol. The molecule has 0 heterocycles. The third-order valence-corrected chi connectivity index (χ3v) is 2.87. The van der Waals surface area contributed by atoms with Crippen molar-refractivity contribution in [1.82, 2.24) is 9.80 Å².